The number of nitrogens with one attached hydrogen (secondary N) is 1. The normalized spacial score (nSPS) is 11.0. The highest BCUT2D eigenvalue weighted by Crippen LogP contribution is 2.12. The number of aromatic nitrogens is 4. The van der Waals surface area contributed by atoms with Crippen LogP contribution >= 0.6 is 11.6 Å². The van der Waals surface area contributed by atoms with E-state index in [0.717, 1.165) is 11.1 Å². The van der Waals surface area contributed by atoms with Crippen LogP contribution in [0.1, 0.15) is 21.5 Å². The van der Waals surface area contributed by atoms with Crippen molar-refractivity contribution in [2.24, 2.45) is 0 Å². The van der Waals surface area contributed by atoms with Gasteiger partial charge in [-0.2, -0.15) is 5.10 Å². The third-order valence-corrected chi connectivity index (χ3v) is 5.10. The third kappa shape index (κ3) is 4.11. The lowest BCUT2D eigenvalue weighted by Crippen LogP contribution is -2.28. The quantitative estimate of drug-likeness (QED) is 0.518. The largest absolute Gasteiger partial charge is 0.350 e. The molecule has 2 aromatic carbocycles. The zero-order valence-corrected chi connectivity index (χ0v) is 17.1. The topological polar surface area (TPSA) is 81.8 Å². The average molecular weight is 422 g/mol. The first-order chi connectivity index (χ1) is 14.5. The van der Waals surface area contributed by atoms with Crippen molar-refractivity contribution in [2.75, 3.05) is 6.54 Å². The molecular formula is C22H20ClN5O2. The summed E-state index contributed by atoms with van der Waals surface area (Å²) in [6, 6.07) is 14.8. The maximum atomic E-state index is 12.8. The lowest BCUT2D eigenvalue weighted by Gasteiger charge is -2.09. The molecule has 8 heteroatoms. The van der Waals surface area contributed by atoms with E-state index in [4.69, 9.17) is 11.6 Å². The van der Waals surface area contributed by atoms with Gasteiger partial charge in [0.25, 0.3) is 11.5 Å². The Balaban J connectivity index is 1.47. The molecule has 0 spiro atoms. The van der Waals surface area contributed by atoms with Crippen LogP contribution in [-0.4, -0.2) is 31.8 Å². The number of hydrogen-bond donors (Lipinski definition) is 1. The minimum Gasteiger partial charge on any atom is -0.350 e. The number of halogens is 1. The number of amides is 1. The van der Waals surface area contributed by atoms with Crippen molar-refractivity contribution in [3.63, 3.8) is 0 Å². The molecule has 0 radical (unpaired) electrons. The first kappa shape index (κ1) is 19.8. The van der Waals surface area contributed by atoms with Crippen LogP contribution in [0, 0.1) is 6.92 Å². The van der Waals surface area contributed by atoms with Gasteiger partial charge in [-0.1, -0.05) is 41.9 Å². The van der Waals surface area contributed by atoms with E-state index < -0.39 is 0 Å². The van der Waals surface area contributed by atoms with E-state index in [-0.39, 0.29) is 11.5 Å². The Morgan fingerprint density at radius 1 is 1.17 bits per heavy atom. The molecule has 0 aliphatic rings. The number of nitrogens with zero attached hydrogens (tertiary/aromatic N) is 4. The first-order valence-electron chi connectivity index (χ1n) is 9.52. The summed E-state index contributed by atoms with van der Waals surface area (Å²) in [5.74, 6) is -0.138. The zero-order chi connectivity index (χ0) is 21.1. The summed E-state index contributed by atoms with van der Waals surface area (Å²) >= 11 is 6.02. The van der Waals surface area contributed by atoms with Gasteiger partial charge in [0.05, 0.1) is 19.3 Å². The van der Waals surface area contributed by atoms with Crippen molar-refractivity contribution in [1.29, 1.82) is 0 Å². The molecule has 0 aliphatic heterocycles. The molecule has 0 saturated carbocycles. The van der Waals surface area contributed by atoms with Gasteiger partial charge in [0, 0.05) is 17.1 Å². The minimum absolute atomic E-state index is 0.138. The maximum absolute atomic E-state index is 12.8. The summed E-state index contributed by atoms with van der Waals surface area (Å²) in [6.07, 6.45) is 3.03. The van der Waals surface area contributed by atoms with Gasteiger partial charge >= 0.3 is 0 Å². The number of hydrogen-bond acceptors (Lipinski definition) is 4. The van der Waals surface area contributed by atoms with Gasteiger partial charge < -0.3 is 5.32 Å². The van der Waals surface area contributed by atoms with Crippen LogP contribution in [0.4, 0.5) is 0 Å². The predicted octanol–water partition coefficient (Wildman–Crippen LogP) is 3.03. The Kier molecular flexibility index (Phi) is 5.63. The van der Waals surface area contributed by atoms with Crippen molar-refractivity contribution < 1.29 is 4.79 Å². The standard InChI is InChI=1S/C22H20ClN5O2/c1-15-5-2-3-8-18(15)21(29)24-9-10-28-20-19(12-26-28)22(30)27(14-25-20)13-16-6-4-7-17(23)11-16/h2-8,11-12,14H,9-10,13H2,1H3,(H,24,29). The predicted molar refractivity (Wildman–Crippen MR) is 116 cm³/mol. The van der Waals surface area contributed by atoms with Crippen LogP contribution in [0.3, 0.4) is 0 Å². The summed E-state index contributed by atoms with van der Waals surface area (Å²) in [7, 11) is 0. The summed E-state index contributed by atoms with van der Waals surface area (Å²) in [5, 5.41) is 8.21. The Morgan fingerprint density at radius 2 is 2.00 bits per heavy atom. The molecule has 0 aliphatic carbocycles. The lowest BCUT2D eigenvalue weighted by molar-refractivity contribution is 0.0951. The van der Waals surface area contributed by atoms with Gasteiger partial charge in [0.2, 0.25) is 0 Å². The van der Waals surface area contributed by atoms with Crippen molar-refractivity contribution >= 4 is 28.5 Å². The number of benzene rings is 2. The summed E-state index contributed by atoms with van der Waals surface area (Å²) < 4.78 is 3.15. The average Bonchev–Trinajstić information content (AvgIpc) is 3.14. The highest BCUT2D eigenvalue weighted by Gasteiger charge is 2.12. The van der Waals surface area contributed by atoms with Gasteiger partial charge in [-0.3, -0.25) is 14.2 Å². The second-order valence-corrected chi connectivity index (χ2v) is 7.42. The second kappa shape index (κ2) is 8.51. The molecule has 2 heterocycles. The number of fused-ring (bicyclic) bond motifs is 1. The van der Waals surface area contributed by atoms with Gasteiger partial charge in [0.1, 0.15) is 11.7 Å². The molecule has 4 rings (SSSR count). The molecule has 1 N–H and O–H groups in total. The molecule has 0 bridgehead atoms. The molecule has 1 amide bonds. The summed E-state index contributed by atoms with van der Waals surface area (Å²) in [4.78, 5) is 29.5. The van der Waals surface area contributed by atoms with E-state index in [1.165, 1.54) is 17.1 Å². The third-order valence-electron chi connectivity index (χ3n) is 4.86. The summed E-state index contributed by atoms with van der Waals surface area (Å²) in [5.41, 5.74) is 2.80. The van der Waals surface area contributed by atoms with E-state index in [2.05, 4.69) is 15.4 Å². The molecule has 2 aromatic heterocycles. The molecule has 0 saturated heterocycles. The van der Waals surface area contributed by atoms with E-state index in [1.54, 1.807) is 16.8 Å². The van der Waals surface area contributed by atoms with E-state index >= 15 is 0 Å². The van der Waals surface area contributed by atoms with Gasteiger partial charge in [-0.25, -0.2) is 9.67 Å². The fraction of sp³-hybridized carbons (Fsp3) is 0.182. The number of aryl methyl sites for hydroxylation is 1. The molecular weight excluding hydrogens is 402 g/mol. The van der Waals surface area contributed by atoms with Gasteiger partial charge in [-0.15, -0.1) is 0 Å². The Bertz CT molecular complexity index is 1280. The minimum atomic E-state index is -0.171. The van der Waals surface area contributed by atoms with Crippen LogP contribution in [0.15, 0.2) is 65.8 Å². The Hall–Kier alpha value is -3.45. The van der Waals surface area contributed by atoms with Gasteiger partial charge in [0.15, 0.2) is 5.65 Å². The van der Waals surface area contributed by atoms with E-state index in [0.29, 0.717) is 41.3 Å². The van der Waals surface area contributed by atoms with Gasteiger partial charge in [-0.05, 0) is 36.2 Å². The SMILES string of the molecule is Cc1ccccc1C(=O)NCCn1ncc2c(=O)n(Cc3cccc(Cl)c3)cnc21. The van der Waals surface area contributed by atoms with Crippen LogP contribution in [0.2, 0.25) is 5.02 Å². The van der Waals surface area contributed by atoms with Crippen molar-refractivity contribution in [1.82, 2.24) is 24.6 Å². The van der Waals surface area contributed by atoms with Crippen LogP contribution in [0.25, 0.3) is 11.0 Å². The maximum Gasteiger partial charge on any atom is 0.264 e. The van der Waals surface area contributed by atoms with Crippen LogP contribution in [0.5, 0.6) is 0 Å². The van der Waals surface area contributed by atoms with Crippen molar-refractivity contribution in [3.8, 4) is 0 Å². The number of carbonyl (C=O) groups excluding carboxylic acids is 1. The summed E-state index contributed by atoms with van der Waals surface area (Å²) in [6.45, 7) is 3.05. The van der Waals surface area contributed by atoms with Crippen molar-refractivity contribution in [2.45, 2.75) is 20.0 Å². The highest BCUT2D eigenvalue weighted by molar-refractivity contribution is 6.30. The number of carbonyl (C=O) groups is 1. The molecule has 0 unspecified atom stereocenters. The van der Waals surface area contributed by atoms with E-state index in [9.17, 15) is 9.59 Å². The first-order valence-corrected chi connectivity index (χ1v) is 9.90. The molecule has 0 fully saturated rings. The molecule has 7 nitrogen and oxygen atoms in total. The smallest absolute Gasteiger partial charge is 0.264 e. The van der Waals surface area contributed by atoms with Crippen LogP contribution in [-0.2, 0) is 13.1 Å². The highest BCUT2D eigenvalue weighted by atomic mass is 35.5. The molecule has 152 valence electrons. The molecule has 4 aromatic rings. The second-order valence-electron chi connectivity index (χ2n) is 6.98. The Labute approximate surface area is 177 Å². The lowest BCUT2D eigenvalue weighted by atomic mass is 10.1. The monoisotopic (exact) mass is 421 g/mol. The zero-order valence-electron chi connectivity index (χ0n) is 16.4. The fourth-order valence-corrected chi connectivity index (χ4v) is 3.52. The van der Waals surface area contributed by atoms with Crippen LogP contribution < -0.4 is 10.9 Å². The Morgan fingerprint density at radius 3 is 2.80 bits per heavy atom. The molecule has 30 heavy (non-hydrogen) atoms. The van der Waals surface area contributed by atoms with Crippen molar-refractivity contribution in [3.05, 3.63) is 93.1 Å². The fourth-order valence-electron chi connectivity index (χ4n) is 3.30. The number of rotatable bonds is 6. The molecule has 0 atom stereocenters. The van der Waals surface area contributed by atoms with E-state index in [1.807, 2.05) is 43.3 Å².